The number of carboxylic acid groups (broad SMARTS) is 1. The number of aliphatic imine (C=N–C) groups is 1. The van der Waals surface area contributed by atoms with Crippen LogP contribution in [-0.2, 0) is 31.3 Å². The fourth-order valence-electron chi connectivity index (χ4n) is 7.38. The van der Waals surface area contributed by atoms with Gasteiger partial charge in [-0.25, -0.2) is 26.4 Å². The van der Waals surface area contributed by atoms with Gasteiger partial charge in [0, 0.05) is 44.7 Å². The average Bonchev–Trinajstić information content (AvgIpc) is 3.42. The van der Waals surface area contributed by atoms with E-state index in [4.69, 9.17) is 10.5 Å². The van der Waals surface area contributed by atoms with Crippen LogP contribution in [0.2, 0.25) is 0 Å². The summed E-state index contributed by atoms with van der Waals surface area (Å²) in [5, 5.41) is 9.43. The van der Waals surface area contributed by atoms with Gasteiger partial charge < -0.3 is 25.4 Å². The molecule has 0 aliphatic carbocycles. The van der Waals surface area contributed by atoms with Gasteiger partial charge in [0.05, 0.1) is 9.79 Å². The number of sulfonamides is 2. The summed E-state index contributed by atoms with van der Waals surface area (Å²) in [7, 11) is -8.40. The minimum Gasteiger partial charge on any atom is -0.487 e. The fourth-order valence-corrected chi connectivity index (χ4v) is 10.8. The SMILES string of the molecule is Cc1c(C)c(S(=O)(=O)NC(N)=NCCC[C@H](NS(=O)(=O)c2c(C(C)C)cc(C(C)C)cc2C(C)C)C(=O)N2CCN(C(=O)O)CC2)c(C)c2c1OC(C)(C)C2. The molecule has 2 heterocycles. The van der Waals surface area contributed by atoms with Crippen LogP contribution in [0.25, 0.3) is 0 Å². The maximum absolute atomic E-state index is 14.4. The number of carbonyl (C=O) groups excluding carboxylic acids is 1. The van der Waals surface area contributed by atoms with E-state index in [0.717, 1.165) is 16.7 Å². The monoisotopic (exact) mass is 804 g/mol. The van der Waals surface area contributed by atoms with Crippen molar-refractivity contribution in [2.75, 3.05) is 32.7 Å². The molecular weight excluding hydrogens is 745 g/mol. The number of nitrogens with one attached hydrogen (secondary N) is 2. The van der Waals surface area contributed by atoms with Crippen LogP contribution in [0.15, 0.2) is 26.9 Å². The normalized spacial score (nSPS) is 16.8. The van der Waals surface area contributed by atoms with Gasteiger partial charge in [-0.1, -0.05) is 53.7 Å². The average molecular weight is 805 g/mol. The Kier molecular flexibility index (Phi) is 13.3. The van der Waals surface area contributed by atoms with E-state index >= 15 is 0 Å². The lowest BCUT2D eigenvalue weighted by molar-refractivity contribution is -0.134. The summed E-state index contributed by atoms with van der Waals surface area (Å²) in [5.41, 5.74) is 10.7. The van der Waals surface area contributed by atoms with Crippen LogP contribution in [0.1, 0.15) is 125 Å². The van der Waals surface area contributed by atoms with Gasteiger partial charge in [-0.2, -0.15) is 4.72 Å². The van der Waals surface area contributed by atoms with Crippen LogP contribution in [0.4, 0.5) is 4.79 Å². The number of amides is 2. The molecule has 2 aliphatic rings. The van der Waals surface area contributed by atoms with Crippen LogP contribution >= 0.6 is 0 Å². The van der Waals surface area contributed by atoms with E-state index in [2.05, 4.69) is 28.3 Å². The zero-order valence-corrected chi connectivity index (χ0v) is 35.8. The highest BCUT2D eigenvalue weighted by Gasteiger charge is 2.37. The number of piperazine rings is 1. The van der Waals surface area contributed by atoms with Crippen LogP contribution in [-0.4, -0.2) is 94.1 Å². The van der Waals surface area contributed by atoms with Crippen molar-refractivity contribution in [2.24, 2.45) is 10.7 Å². The van der Waals surface area contributed by atoms with Crippen molar-refractivity contribution < 1.29 is 36.3 Å². The Morgan fingerprint density at radius 1 is 0.855 bits per heavy atom. The molecule has 1 saturated heterocycles. The van der Waals surface area contributed by atoms with E-state index in [1.54, 1.807) is 13.8 Å². The van der Waals surface area contributed by atoms with Gasteiger partial charge in [-0.15, -0.1) is 0 Å². The number of benzene rings is 2. The number of nitrogens with zero attached hydrogens (tertiary/aromatic N) is 3. The van der Waals surface area contributed by atoms with Crippen molar-refractivity contribution in [1.82, 2.24) is 19.2 Å². The molecule has 55 heavy (non-hydrogen) atoms. The molecule has 1 atom stereocenters. The molecule has 0 unspecified atom stereocenters. The van der Waals surface area contributed by atoms with Gasteiger partial charge in [0.1, 0.15) is 17.4 Å². The van der Waals surface area contributed by atoms with Gasteiger partial charge in [-0.05, 0) is 98.6 Å². The van der Waals surface area contributed by atoms with Crippen LogP contribution in [0.5, 0.6) is 5.75 Å². The maximum Gasteiger partial charge on any atom is 0.407 e. The van der Waals surface area contributed by atoms with Gasteiger partial charge in [0.15, 0.2) is 0 Å². The number of ether oxygens (including phenoxy) is 1. The predicted octanol–water partition coefficient (Wildman–Crippen LogP) is 5.24. The third-order valence-corrected chi connectivity index (χ3v) is 13.8. The van der Waals surface area contributed by atoms with Crippen molar-refractivity contribution >= 4 is 38.0 Å². The Morgan fingerprint density at radius 2 is 1.40 bits per heavy atom. The van der Waals surface area contributed by atoms with Gasteiger partial charge in [0.25, 0.3) is 10.0 Å². The number of guanidine groups is 1. The smallest absolute Gasteiger partial charge is 0.407 e. The molecule has 2 amide bonds. The minimum absolute atomic E-state index is 0.00651. The Bertz CT molecular complexity index is 2020. The van der Waals surface area contributed by atoms with Crippen molar-refractivity contribution in [3.05, 3.63) is 51.1 Å². The van der Waals surface area contributed by atoms with Crippen LogP contribution in [0.3, 0.4) is 0 Å². The first-order chi connectivity index (χ1) is 25.4. The second-order valence-corrected chi connectivity index (χ2v) is 19.6. The second-order valence-electron chi connectivity index (χ2n) is 16.3. The summed E-state index contributed by atoms with van der Waals surface area (Å²) in [5.74, 6) is -0.199. The van der Waals surface area contributed by atoms with Gasteiger partial charge >= 0.3 is 6.09 Å². The summed E-state index contributed by atoms with van der Waals surface area (Å²) < 4.78 is 67.5. The third-order valence-electron chi connectivity index (χ3n) is 10.5. The first-order valence-corrected chi connectivity index (χ1v) is 22.0. The topological polar surface area (TPSA) is 201 Å². The van der Waals surface area contributed by atoms with Crippen molar-refractivity contribution in [2.45, 2.75) is 135 Å². The molecule has 1 fully saturated rings. The van der Waals surface area contributed by atoms with Gasteiger partial charge in [-0.3, -0.25) is 9.79 Å². The van der Waals surface area contributed by atoms with E-state index in [0.29, 0.717) is 34.4 Å². The molecule has 2 aromatic rings. The zero-order valence-electron chi connectivity index (χ0n) is 34.2. The summed E-state index contributed by atoms with van der Waals surface area (Å²) in [6, 6.07) is 2.65. The van der Waals surface area contributed by atoms with Crippen LogP contribution < -0.4 is 19.9 Å². The molecule has 2 aromatic carbocycles. The molecule has 0 bridgehead atoms. The number of fused-ring (bicyclic) bond motifs is 1. The maximum atomic E-state index is 14.4. The van der Waals surface area contributed by atoms with E-state index in [1.165, 1.54) is 9.80 Å². The Balaban J connectivity index is 1.59. The minimum atomic E-state index is -4.26. The highest BCUT2D eigenvalue weighted by molar-refractivity contribution is 7.90. The largest absolute Gasteiger partial charge is 0.487 e. The standard InChI is InChI=1S/C39H60N6O8S2/c1-22(2)28-19-29(23(3)4)35(30(20-28)24(5)6)55(51,52)42-32(36(46)44-15-17-45(18-16-44)38(47)48)13-12-14-41-37(40)43-54(49,50)34-26(8)25(7)33-31(27(34)9)21-39(10,11)53-33/h19-20,22-24,32,42H,12-18,21H2,1-11H3,(H,47,48)(H3,40,41,43)/t32-/m0/s1. The number of nitrogens with two attached hydrogens (primary N) is 1. The molecule has 0 aromatic heterocycles. The summed E-state index contributed by atoms with van der Waals surface area (Å²) in [6.45, 7) is 21.5. The molecular formula is C39H60N6O8S2. The van der Waals surface area contributed by atoms with Crippen LogP contribution in [0, 0.1) is 20.8 Å². The van der Waals surface area contributed by atoms with Gasteiger partial charge in [0.2, 0.25) is 21.9 Å². The van der Waals surface area contributed by atoms with E-state index < -0.39 is 43.7 Å². The lowest BCUT2D eigenvalue weighted by Crippen LogP contribution is -2.55. The summed E-state index contributed by atoms with van der Waals surface area (Å²) in [6.07, 6.45) is -0.325. The quantitative estimate of drug-likeness (QED) is 0.119. The predicted molar refractivity (Wildman–Crippen MR) is 214 cm³/mol. The lowest BCUT2D eigenvalue weighted by atomic mass is 9.89. The molecule has 0 spiro atoms. The zero-order chi connectivity index (χ0) is 41.4. The highest BCUT2D eigenvalue weighted by Crippen LogP contribution is 2.44. The molecule has 4 rings (SSSR count). The lowest BCUT2D eigenvalue weighted by Gasteiger charge is -2.35. The number of carbonyl (C=O) groups is 2. The Labute approximate surface area is 327 Å². The molecule has 14 nitrogen and oxygen atoms in total. The second kappa shape index (κ2) is 16.7. The molecule has 306 valence electrons. The molecule has 16 heteroatoms. The molecule has 5 N–H and O–H groups in total. The summed E-state index contributed by atoms with van der Waals surface area (Å²) in [4.78, 5) is 32.8. The Morgan fingerprint density at radius 3 is 1.91 bits per heavy atom. The molecule has 0 saturated carbocycles. The first kappa shape index (κ1) is 43.8. The fraction of sp³-hybridized carbons (Fsp3) is 0.615. The first-order valence-electron chi connectivity index (χ1n) is 19.0. The number of hydrogen-bond acceptors (Lipinski definition) is 8. The number of hydrogen-bond donors (Lipinski definition) is 4. The molecule has 2 aliphatic heterocycles. The van der Waals surface area contributed by atoms with Crippen molar-refractivity contribution in [3.63, 3.8) is 0 Å². The Hall–Kier alpha value is -3.89. The number of rotatable bonds is 13. The van der Waals surface area contributed by atoms with E-state index in [1.807, 2.05) is 60.6 Å². The van der Waals surface area contributed by atoms with Crippen molar-refractivity contribution in [3.8, 4) is 5.75 Å². The van der Waals surface area contributed by atoms with Crippen molar-refractivity contribution in [1.29, 1.82) is 0 Å². The summed E-state index contributed by atoms with van der Waals surface area (Å²) >= 11 is 0. The third kappa shape index (κ3) is 9.74. The highest BCUT2D eigenvalue weighted by atomic mass is 32.2. The van der Waals surface area contributed by atoms with E-state index in [-0.39, 0.29) is 79.1 Å². The van der Waals surface area contributed by atoms with E-state index in [9.17, 15) is 31.5 Å². The molecule has 0 radical (unpaired) electrons.